The van der Waals surface area contributed by atoms with Crippen LogP contribution in [0.2, 0.25) is 0 Å². The highest BCUT2D eigenvalue weighted by molar-refractivity contribution is 5.75. The first-order chi connectivity index (χ1) is 8.23. The Morgan fingerprint density at radius 3 is 2.24 bits per heavy atom. The SMILES string of the molecule is NC(N)=NCC1(N2CCOCC2)CCOCC1. The lowest BCUT2D eigenvalue weighted by molar-refractivity contribution is -0.0667. The molecule has 17 heavy (non-hydrogen) atoms. The van der Waals surface area contributed by atoms with E-state index in [4.69, 9.17) is 20.9 Å². The summed E-state index contributed by atoms with van der Waals surface area (Å²) in [6.07, 6.45) is 1.98. The van der Waals surface area contributed by atoms with Crippen LogP contribution in [0.5, 0.6) is 0 Å². The molecule has 0 aromatic heterocycles. The summed E-state index contributed by atoms with van der Waals surface area (Å²) in [5.74, 6) is 0.170. The predicted octanol–water partition coefficient (Wildman–Crippen LogP) is -0.859. The lowest BCUT2D eigenvalue weighted by Crippen LogP contribution is -2.58. The fourth-order valence-corrected chi connectivity index (χ4v) is 2.60. The predicted molar refractivity (Wildman–Crippen MR) is 65.9 cm³/mol. The second-order valence-electron chi connectivity index (χ2n) is 4.68. The standard InChI is InChI=1S/C11H22N4O2/c12-10(13)14-9-11(1-5-16-6-2-11)15-3-7-17-8-4-15/h1-9H2,(H4,12,13,14). The molecule has 0 radical (unpaired) electrons. The van der Waals surface area contributed by atoms with Gasteiger partial charge in [-0.1, -0.05) is 0 Å². The van der Waals surface area contributed by atoms with Gasteiger partial charge < -0.3 is 20.9 Å². The summed E-state index contributed by atoms with van der Waals surface area (Å²) < 4.78 is 10.9. The molecule has 0 aromatic rings. The number of morpholine rings is 1. The van der Waals surface area contributed by atoms with Gasteiger partial charge in [-0.05, 0) is 12.8 Å². The normalized spacial score (nSPS) is 25.4. The monoisotopic (exact) mass is 242 g/mol. The van der Waals surface area contributed by atoms with E-state index in [0.29, 0.717) is 6.54 Å². The molecular weight excluding hydrogens is 220 g/mol. The fraction of sp³-hybridized carbons (Fsp3) is 0.909. The first kappa shape index (κ1) is 12.6. The van der Waals surface area contributed by atoms with Crippen molar-refractivity contribution < 1.29 is 9.47 Å². The zero-order chi connectivity index (χ0) is 12.1. The zero-order valence-corrected chi connectivity index (χ0v) is 10.2. The van der Waals surface area contributed by atoms with Crippen LogP contribution in [0.15, 0.2) is 4.99 Å². The minimum Gasteiger partial charge on any atom is -0.381 e. The van der Waals surface area contributed by atoms with E-state index in [9.17, 15) is 0 Å². The topological polar surface area (TPSA) is 86.1 Å². The van der Waals surface area contributed by atoms with Crippen molar-refractivity contribution in [1.29, 1.82) is 0 Å². The molecule has 0 aliphatic carbocycles. The van der Waals surface area contributed by atoms with E-state index in [-0.39, 0.29) is 11.5 Å². The van der Waals surface area contributed by atoms with Crippen molar-refractivity contribution in [3.05, 3.63) is 0 Å². The van der Waals surface area contributed by atoms with Crippen molar-refractivity contribution in [1.82, 2.24) is 4.90 Å². The molecular formula is C11H22N4O2. The Labute approximate surface area is 102 Å². The molecule has 6 heteroatoms. The molecule has 2 heterocycles. The number of nitrogens with zero attached hydrogens (tertiary/aromatic N) is 2. The van der Waals surface area contributed by atoms with E-state index in [1.807, 2.05) is 0 Å². The smallest absolute Gasteiger partial charge is 0.185 e. The fourth-order valence-electron chi connectivity index (χ4n) is 2.60. The maximum Gasteiger partial charge on any atom is 0.185 e. The molecule has 2 aliphatic rings. The molecule has 4 N–H and O–H groups in total. The molecule has 2 saturated heterocycles. The van der Waals surface area contributed by atoms with Gasteiger partial charge in [0.15, 0.2) is 5.96 Å². The molecule has 6 nitrogen and oxygen atoms in total. The Balaban J connectivity index is 2.07. The second kappa shape index (κ2) is 5.66. The summed E-state index contributed by atoms with van der Waals surface area (Å²) in [6.45, 7) is 5.75. The second-order valence-corrected chi connectivity index (χ2v) is 4.68. The summed E-state index contributed by atoms with van der Waals surface area (Å²) in [5.41, 5.74) is 11.0. The van der Waals surface area contributed by atoms with Crippen molar-refractivity contribution in [3.8, 4) is 0 Å². The summed E-state index contributed by atoms with van der Waals surface area (Å²) in [4.78, 5) is 6.69. The van der Waals surface area contributed by atoms with Gasteiger partial charge in [-0.3, -0.25) is 9.89 Å². The molecule has 98 valence electrons. The zero-order valence-electron chi connectivity index (χ0n) is 10.2. The number of hydrogen-bond donors (Lipinski definition) is 2. The first-order valence-corrected chi connectivity index (χ1v) is 6.19. The maximum atomic E-state index is 5.45. The van der Waals surface area contributed by atoms with Gasteiger partial charge in [-0.2, -0.15) is 0 Å². The van der Waals surface area contributed by atoms with E-state index >= 15 is 0 Å². The molecule has 0 spiro atoms. The van der Waals surface area contributed by atoms with Gasteiger partial charge in [-0.25, -0.2) is 0 Å². The minimum absolute atomic E-state index is 0.0615. The van der Waals surface area contributed by atoms with Gasteiger partial charge in [0.1, 0.15) is 0 Å². The van der Waals surface area contributed by atoms with Crippen molar-refractivity contribution in [2.45, 2.75) is 18.4 Å². The van der Waals surface area contributed by atoms with E-state index in [2.05, 4.69) is 9.89 Å². The number of ether oxygens (including phenoxy) is 2. The summed E-state index contributed by atoms with van der Waals surface area (Å²) >= 11 is 0. The van der Waals surface area contributed by atoms with Crippen LogP contribution in [-0.2, 0) is 9.47 Å². The van der Waals surface area contributed by atoms with Crippen LogP contribution in [0.25, 0.3) is 0 Å². The number of guanidine groups is 1. The van der Waals surface area contributed by atoms with Gasteiger partial charge in [0.05, 0.1) is 19.8 Å². The van der Waals surface area contributed by atoms with Crippen LogP contribution < -0.4 is 11.5 Å². The average Bonchev–Trinajstić information content (AvgIpc) is 2.39. The minimum atomic E-state index is 0.0615. The van der Waals surface area contributed by atoms with Gasteiger partial charge in [0.2, 0.25) is 0 Å². The Bertz CT molecular complexity index is 267. The number of rotatable bonds is 3. The van der Waals surface area contributed by atoms with Crippen LogP contribution in [0.1, 0.15) is 12.8 Å². The van der Waals surface area contributed by atoms with Crippen LogP contribution in [0.3, 0.4) is 0 Å². The largest absolute Gasteiger partial charge is 0.381 e. The number of nitrogens with two attached hydrogens (primary N) is 2. The quantitative estimate of drug-likeness (QED) is 0.497. The highest BCUT2D eigenvalue weighted by Crippen LogP contribution is 2.29. The van der Waals surface area contributed by atoms with Crippen molar-refractivity contribution in [2.75, 3.05) is 46.1 Å². The Kier molecular flexibility index (Phi) is 4.20. The molecule has 0 bridgehead atoms. The van der Waals surface area contributed by atoms with Crippen molar-refractivity contribution in [3.63, 3.8) is 0 Å². The van der Waals surface area contributed by atoms with E-state index in [0.717, 1.165) is 52.4 Å². The Hall–Kier alpha value is -0.850. The lowest BCUT2D eigenvalue weighted by atomic mass is 9.87. The summed E-state index contributed by atoms with van der Waals surface area (Å²) in [6, 6.07) is 0. The van der Waals surface area contributed by atoms with Gasteiger partial charge >= 0.3 is 0 Å². The molecule has 0 atom stereocenters. The first-order valence-electron chi connectivity index (χ1n) is 6.19. The summed E-state index contributed by atoms with van der Waals surface area (Å²) in [7, 11) is 0. The Morgan fingerprint density at radius 2 is 1.65 bits per heavy atom. The highest BCUT2D eigenvalue weighted by atomic mass is 16.5. The van der Waals surface area contributed by atoms with Gasteiger partial charge in [0, 0.05) is 31.8 Å². The molecule has 2 fully saturated rings. The molecule has 0 amide bonds. The van der Waals surface area contributed by atoms with E-state index in [1.54, 1.807) is 0 Å². The molecule has 0 unspecified atom stereocenters. The van der Waals surface area contributed by atoms with Crippen LogP contribution in [-0.4, -0.2) is 62.5 Å². The van der Waals surface area contributed by atoms with E-state index < -0.39 is 0 Å². The molecule has 0 saturated carbocycles. The molecule has 2 aliphatic heterocycles. The highest BCUT2D eigenvalue weighted by Gasteiger charge is 2.38. The third-order valence-electron chi connectivity index (χ3n) is 3.66. The third kappa shape index (κ3) is 3.08. The van der Waals surface area contributed by atoms with Crippen molar-refractivity contribution >= 4 is 5.96 Å². The molecule has 2 rings (SSSR count). The lowest BCUT2D eigenvalue weighted by Gasteiger charge is -2.47. The van der Waals surface area contributed by atoms with E-state index in [1.165, 1.54) is 0 Å². The number of aliphatic imine (C=N–C) groups is 1. The van der Waals surface area contributed by atoms with Crippen LogP contribution in [0, 0.1) is 0 Å². The maximum absolute atomic E-state index is 5.45. The average molecular weight is 242 g/mol. The van der Waals surface area contributed by atoms with Crippen LogP contribution in [0.4, 0.5) is 0 Å². The van der Waals surface area contributed by atoms with Crippen molar-refractivity contribution in [2.24, 2.45) is 16.5 Å². The third-order valence-corrected chi connectivity index (χ3v) is 3.66. The van der Waals surface area contributed by atoms with Gasteiger partial charge in [0.25, 0.3) is 0 Å². The Morgan fingerprint density at radius 1 is 1.06 bits per heavy atom. The number of hydrogen-bond acceptors (Lipinski definition) is 4. The van der Waals surface area contributed by atoms with Gasteiger partial charge in [-0.15, -0.1) is 0 Å². The molecule has 0 aromatic carbocycles. The van der Waals surface area contributed by atoms with Crippen LogP contribution >= 0.6 is 0 Å². The summed E-state index contributed by atoms with van der Waals surface area (Å²) in [5, 5.41) is 0.